The molecule has 122 valence electrons. The second-order valence-corrected chi connectivity index (χ2v) is 4.70. The van der Waals surface area contributed by atoms with Crippen LogP contribution in [0.5, 0.6) is 0 Å². The van der Waals surface area contributed by atoms with Crippen molar-refractivity contribution in [2.45, 2.75) is 6.42 Å². The Hall–Kier alpha value is -3.17. The van der Waals surface area contributed by atoms with Gasteiger partial charge in [0.2, 0.25) is 12.0 Å². The number of carbonyl (C=O) groups excluding carboxylic acids is 2. The van der Waals surface area contributed by atoms with Gasteiger partial charge in [-0.05, 0) is 12.1 Å². The molecule has 0 saturated heterocycles. The minimum absolute atomic E-state index is 0.0428. The molecular weight excluding hydrogens is 308 g/mol. The highest BCUT2D eigenvalue weighted by atomic mass is 16.7. The fraction of sp³-hybridized carbons (Fsp3) is 0.308. The summed E-state index contributed by atoms with van der Waals surface area (Å²) in [7, 11) is 1.32. The molecule has 0 aliphatic carbocycles. The summed E-state index contributed by atoms with van der Waals surface area (Å²) in [6.45, 7) is -0.587. The quantitative estimate of drug-likeness (QED) is 0.334. The Balaban J connectivity index is 1.92. The van der Waals surface area contributed by atoms with Crippen LogP contribution in [0.2, 0.25) is 0 Å². The van der Waals surface area contributed by atoms with E-state index in [0.29, 0.717) is 0 Å². The van der Waals surface area contributed by atoms with Gasteiger partial charge >= 0.3 is 5.97 Å². The van der Waals surface area contributed by atoms with E-state index < -0.39 is 24.5 Å². The number of carboxylic acid groups (broad SMARTS) is 1. The summed E-state index contributed by atoms with van der Waals surface area (Å²) >= 11 is 0. The first-order valence-electron chi connectivity index (χ1n) is 6.60. The van der Waals surface area contributed by atoms with Crippen LogP contribution in [0.3, 0.4) is 0 Å². The maximum atomic E-state index is 12.0. The molecule has 1 heterocycles. The smallest absolute Gasteiger partial charge is 0.305 e. The van der Waals surface area contributed by atoms with Gasteiger partial charge in [-0.1, -0.05) is 12.1 Å². The van der Waals surface area contributed by atoms with Crippen molar-refractivity contribution in [3.8, 4) is 0 Å². The maximum Gasteiger partial charge on any atom is 0.305 e. The highest BCUT2D eigenvalue weighted by Gasteiger charge is 2.35. The van der Waals surface area contributed by atoms with Crippen molar-refractivity contribution < 1.29 is 29.3 Å². The minimum atomic E-state index is -1.06. The third-order valence-corrected chi connectivity index (χ3v) is 3.13. The van der Waals surface area contributed by atoms with Crippen molar-refractivity contribution >= 4 is 17.8 Å². The molecule has 0 atom stereocenters. The standard InChI is InChI=1S/C13H14N4O6/c1-15(7-6-11(18)19)17(22)14-23-8-16-12(20)9-4-2-3-5-10(9)13(16)21/h2-5H,6-8H2,1H3,(H,18,19). The van der Waals surface area contributed by atoms with E-state index in [9.17, 15) is 19.6 Å². The molecule has 0 aromatic heterocycles. The average molecular weight is 322 g/mol. The second kappa shape index (κ2) is 6.73. The van der Waals surface area contributed by atoms with E-state index in [0.717, 1.165) is 9.91 Å². The Kier molecular flexibility index (Phi) is 4.74. The van der Waals surface area contributed by atoms with Crippen LogP contribution < -0.4 is 0 Å². The fourth-order valence-corrected chi connectivity index (χ4v) is 1.89. The number of rotatable bonds is 7. The summed E-state index contributed by atoms with van der Waals surface area (Å²) in [5, 5.41) is 24.1. The summed E-state index contributed by atoms with van der Waals surface area (Å²) in [5.41, 5.74) is 0.525. The van der Waals surface area contributed by atoms with Crippen molar-refractivity contribution in [3.05, 3.63) is 40.6 Å². The van der Waals surface area contributed by atoms with Crippen LogP contribution in [-0.4, -0.2) is 58.1 Å². The number of fused-ring (bicyclic) bond motifs is 1. The zero-order valence-corrected chi connectivity index (χ0v) is 12.2. The van der Waals surface area contributed by atoms with Crippen LogP contribution >= 0.6 is 0 Å². The van der Waals surface area contributed by atoms with E-state index in [2.05, 4.69) is 5.28 Å². The van der Waals surface area contributed by atoms with E-state index in [1.54, 1.807) is 12.1 Å². The predicted molar refractivity (Wildman–Crippen MR) is 73.8 cm³/mol. The van der Waals surface area contributed by atoms with Gasteiger partial charge in [0.05, 0.1) is 36.1 Å². The van der Waals surface area contributed by atoms with Gasteiger partial charge in [0.25, 0.3) is 11.8 Å². The predicted octanol–water partition coefficient (Wildman–Crippen LogP) is 0.456. The molecule has 0 fully saturated rings. The summed E-state index contributed by atoms with van der Waals surface area (Å²) in [6, 6.07) is 6.31. The highest BCUT2D eigenvalue weighted by Crippen LogP contribution is 2.22. The number of benzene rings is 1. The number of carbonyl (C=O) groups is 3. The molecule has 1 aromatic carbocycles. The first kappa shape index (κ1) is 16.2. The zero-order valence-electron chi connectivity index (χ0n) is 12.2. The van der Waals surface area contributed by atoms with Crippen molar-refractivity contribution in [3.63, 3.8) is 0 Å². The Labute approximate surface area is 130 Å². The minimum Gasteiger partial charge on any atom is -0.569 e. The Morgan fingerprint density at radius 2 is 1.91 bits per heavy atom. The monoisotopic (exact) mass is 322 g/mol. The maximum absolute atomic E-state index is 12.0. The van der Waals surface area contributed by atoms with Gasteiger partial charge in [-0.3, -0.25) is 14.4 Å². The van der Waals surface area contributed by atoms with Crippen LogP contribution in [0.25, 0.3) is 0 Å². The molecule has 2 amide bonds. The van der Waals surface area contributed by atoms with Crippen LogP contribution in [0.1, 0.15) is 27.1 Å². The number of carboxylic acids is 1. The zero-order chi connectivity index (χ0) is 17.0. The van der Waals surface area contributed by atoms with Crippen LogP contribution in [0.4, 0.5) is 0 Å². The SMILES string of the molecule is CN(CCC(=O)O)[N+]([O-])=NOCN1C(=O)c2ccccc2C1=O. The van der Waals surface area contributed by atoms with Crippen LogP contribution in [0.15, 0.2) is 29.5 Å². The number of nitrogens with zero attached hydrogens (tertiary/aromatic N) is 4. The first-order valence-corrected chi connectivity index (χ1v) is 6.60. The van der Waals surface area contributed by atoms with E-state index in [1.807, 2.05) is 0 Å². The summed E-state index contributed by atoms with van der Waals surface area (Å²) in [6.07, 6.45) is -0.247. The summed E-state index contributed by atoms with van der Waals surface area (Å²) < 4.78 is 0. The Morgan fingerprint density at radius 1 is 1.35 bits per heavy atom. The van der Waals surface area contributed by atoms with Gasteiger partial charge in [0.1, 0.15) is 0 Å². The fourth-order valence-electron chi connectivity index (χ4n) is 1.89. The lowest BCUT2D eigenvalue weighted by molar-refractivity contribution is -0.705. The van der Waals surface area contributed by atoms with E-state index >= 15 is 0 Å². The molecular formula is C13H14N4O6. The van der Waals surface area contributed by atoms with Crippen LogP contribution in [-0.2, 0) is 9.63 Å². The molecule has 1 aliphatic rings. The Bertz CT molecular complexity index is 639. The molecule has 2 rings (SSSR count). The summed E-state index contributed by atoms with van der Waals surface area (Å²) in [5.74, 6) is -2.12. The number of aliphatic carboxylic acids is 1. The molecule has 0 saturated carbocycles. The van der Waals surface area contributed by atoms with Gasteiger partial charge in [-0.25, -0.2) is 4.90 Å². The van der Waals surface area contributed by atoms with E-state index in [-0.39, 0.29) is 29.1 Å². The lowest BCUT2D eigenvalue weighted by Crippen LogP contribution is -2.33. The average Bonchev–Trinajstić information content (AvgIpc) is 2.77. The molecule has 1 N–H and O–H groups in total. The van der Waals surface area contributed by atoms with Crippen molar-refractivity contribution in [1.29, 1.82) is 0 Å². The van der Waals surface area contributed by atoms with Crippen LogP contribution in [0, 0.1) is 5.21 Å². The molecule has 10 nitrogen and oxygen atoms in total. The van der Waals surface area contributed by atoms with Gasteiger partial charge in [-0.2, -0.15) is 0 Å². The second-order valence-electron chi connectivity index (χ2n) is 4.70. The van der Waals surface area contributed by atoms with Gasteiger partial charge in [0, 0.05) is 0 Å². The molecule has 1 aromatic rings. The van der Waals surface area contributed by atoms with Crippen molar-refractivity contribution in [2.75, 3.05) is 20.3 Å². The molecule has 10 heteroatoms. The van der Waals surface area contributed by atoms with E-state index in [1.165, 1.54) is 19.2 Å². The Morgan fingerprint density at radius 3 is 2.43 bits per heavy atom. The number of amides is 2. The molecule has 0 spiro atoms. The van der Waals surface area contributed by atoms with Crippen molar-refractivity contribution in [2.24, 2.45) is 5.28 Å². The lowest BCUT2D eigenvalue weighted by atomic mass is 10.1. The third-order valence-electron chi connectivity index (χ3n) is 3.13. The number of hydrogen-bond acceptors (Lipinski definition) is 6. The highest BCUT2D eigenvalue weighted by molar-refractivity contribution is 6.21. The normalized spacial score (nSPS) is 14.0. The first-order chi connectivity index (χ1) is 10.9. The molecule has 23 heavy (non-hydrogen) atoms. The topological polar surface area (TPSA) is 126 Å². The summed E-state index contributed by atoms with van der Waals surface area (Å²) in [4.78, 5) is 40.0. The van der Waals surface area contributed by atoms with Gasteiger partial charge < -0.3 is 15.2 Å². The molecule has 0 bridgehead atoms. The molecule has 0 radical (unpaired) electrons. The number of hydrazine groups is 1. The molecule has 1 aliphatic heterocycles. The number of imide groups is 1. The van der Waals surface area contributed by atoms with Gasteiger partial charge in [-0.15, -0.1) is 5.01 Å². The van der Waals surface area contributed by atoms with E-state index in [4.69, 9.17) is 9.94 Å². The number of hydrogen-bond donors (Lipinski definition) is 1. The van der Waals surface area contributed by atoms with Crippen molar-refractivity contribution in [1.82, 2.24) is 9.91 Å². The molecule has 0 unspecified atom stereocenters. The van der Waals surface area contributed by atoms with Gasteiger partial charge in [0.15, 0.2) is 0 Å². The lowest BCUT2D eigenvalue weighted by Gasteiger charge is -2.13. The third kappa shape index (κ3) is 3.54. The largest absolute Gasteiger partial charge is 0.569 e.